The van der Waals surface area contributed by atoms with E-state index < -0.39 is 32.7 Å². The number of halogens is 4. The number of sulfonamides is 1. The van der Waals surface area contributed by atoms with E-state index in [0.29, 0.717) is 0 Å². The molecule has 0 fully saturated rings. The summed E-state index contributed by atoms with van der Waals surface area (Å²) >= 11 is 5.74. The van der Waals surface area contributed by atoms with Gasteiger partial charge in [-0.15, -0.1) is 0 Å². The Morgan fingerprint density at radius 1 is 1.14 bits per heavy atom. The lowest BCUT2D eigenvalue weighted by Gasteiger charge is -2.30. The minimum absolute atomic E-state index is 0.0986. The molecule has 0 aliphatic carbocycles. The zero-order valence-electron chi connectivity index (χ0n) is 15.2. The second-order valence-corrected chi connectivity index (χ2v) is 8.70. The van der Waals surface area contributed by atoms with E-state index in [-0.39, 0.29) is 25.9 Å². The van der Waals surface area contributed by atoms with Gasteiger partial charge >= 0.3 is 6.18 Å². The van der Waals surface area contributed by atoms with Crippen LogP contribution in [0.1, 0.15) is 11.6 Å². The first-order chi connectivity index (χ1) is 13.4. The maximum absolute atomic E-state index is 13.8. The molecule has 1 atom stereocenters. The van der Waals surface area contributed by atoms with E-state index in [1.54, 1.807) is 0 Å². The third kappa shape index (κ3) is 3.87. The van der Waals surface area contributed by atoms with Crippen molar-refractivity contribution in [3.63, 3.8) is 0 Å². The number of alkyl halides is 3. The van der Waals surface area contributed by atoms with Gasteiger partial charge in [-0.1, -0.05) is 29.8 Å². The molecule has 0 aliphatic rings. The molecule has 2 aromatic carbocycles. The van der Waals surface area contributed by atoms with Gasteiger partial charge in [-0.3, -0.25) is 4.79 Å². The number of benzene rings is 2. The number of hydrogen-bond donors (Lipinski definition) is 0. The first-order valence-corrected chi connectivity index (χ1v) is 10.0. The minimum Gasteiger partial charge on any atom is -0.308 e. The molecule has 0 saturated carbocycles. The van der Waals surface area contributed by atoms with Gasteiger partial charge in [-0.25, -0.2) is 13.4 Å². The molecular formula is C18H15ClF3N3O3S. The molecule has 1 heterocycles. The number of para-hydroxylation sites is 1. The Balaban J connectivity index is 2.20. The summed E-state index contributed by atoms with van der Waals surface area (Å²) in [6, 6.07) is 6.28. The monoisotopic (exact) mass is 445 g/mol. The van der Waals surface area contributed by atoms with Crippen LogP contribution in [0.15, 0.2) is 58.4 Å². The van der Waals surface area contributed by atoms with E-state index in [2.05, 4.69) is 4.98 Å². The standard InChI is InChI=1S/C18H15ClF3N3O3S/c1-24-13-4-3-5-14(16(13)23-10-15(24)26)29(27,28)25(2)17(18(20,21)22)11-6-8-12(19)9-7-11/h3-10,17H,1-2H3. The van der Waals surface area contributed by atoms with Crippen LogP contribution < -0.4 is 5.56 Å². The number of rotatable bonds is 4. The van der Waals surface area contributed by atoms with Crippen LogP contribution in [-0.2, 0) is 17.1 Å². The number of hydrogen-bond acceptors (Lipinski definition) is 4. The van der Waals surface area contributed by atoms with Crippen molar-refractivity contribution >= 4 is 32.7 Å². The predicted molar refractivity (Wildman–Crippen MR) is 102 cm³/mol. The Morgan fingerprint density at radius 3 is 2.34 bits per heavy atom. The molecule has 6 nitrogen and oxygen atoms in total. The van der Waals surface area contributed by atoms with Gasteiger partial charge < -0.3 is 4.57 Å². The van der Waals surface area contributed by atoms with Crippen molar-refractivity contribution in [3.8, 4) is 0 Å². The van der Waals surface area contributed by atoms with Crippen molar-refractivity contribution in [2.45, 2.75) is 17.1 Å². The average Bonchev–Trinajstić information content (AvgIpc) is 2.65. The van der Waals surface area contributed by atoms with Crippen molar-refractivity contribution in [2.75, 3.05) is 7.05 Å². The zero-order valence-corrected chi connectivity index (χ0v) is 16.8. The third-order valence-electron chi connectivity index (χ3n) is 4.49. The number of aromatic nitrogens is 2. The lowest BCUT2D eigenvalue weighted by Crippen LogP contribution is -2.40. The molecule has 0 amide bonds. The van der Waals surface area contributed by atoms with E-state index in [1.807, 2.05) is 0 Å². The third-order valence-corrected chi connectivity index (χ3v) is 6.60. The molecule has 29 heavy (non-hydrogen) atoms. The molecule has 154 valence electrons. The maximum Gasteiger partial charge on any atom is 0.409 e. The molecule has 3 rings (SSSR count). The van der Waals surface area contributed by atoms with Gasteiger partial charge in [0.1, 0.15) is 16.5 Å². The Hall–Kier alpha value is -2.43. The van der Waals surface area contributed by atoms with Crippen molar-refractivity contribution in [2.24, 2.45) is 7.05 Å². The summed E-state index contributed by atoms with van der Waals surface area (Å²) in [6.45, 7) is 0. The fourth-order valence-electron chi connectivity index (χ4n) is 2.99. The van der Waals surface area contributed by atoms with Gasteiger partial charge in [0.05, 0.1) is 11.7 Å². The lowest BCUT2D eigenvalue weighted by molar-refractivity contribution is -0.171. The summed E-state index contributed by atoms with van der Waals surface area (Å²) in [4.78, 5) is 15.2. The van der Waals surface area contributed by atoms with Crippen LogP contribution in [0, 0.1) is 0 Å². The fourth-order valence-corrected chi connectivity index (χ4v) is 4.60. The topological polar surface area (TPSA) is 72.3 Å². The summed E-state index contributed by atoms with van der Waals surface area (Å²) in [5, 5.41) is 0.222. The normalized spacial score (nSPS) is 13.8. The van der Waals surface area contributed by atoms with E-state index in [0.717, 1.165) is 31.4 Å². The highest BCUT2D eigenvalue weighted by Gasteiger charge is 2.48. The quantitative estimate of drug-likeness (QED) is 0.616. The van der Waals surface area contributed by atoms with Crippen LogP contribution in [0.25, 0.3) is 11.0 Å². The second-order valence-electron chi connectivity index (χ2n) is 6.30. The van der Waals surface area contributed by atoms with E-state index in [9.17, 15) is 26.4 Å². The predicted octanol–water partition coefficient (Wildman–Crippen LogP) is 3.51. The first kappa shape index (κ1) is 21.3. The van der Waals surface area contributed by atoms with Crippen molar-refractivity contribution in [3.05, 3.63) is 69.6 Å². The van der Waals surface area contributed by atoms with Crippen LogP contribution in [0.2, 0.25) is 5.02 Å². The highest BCUT2D eigenvalue weighted by atomic mass is 35.5. The average molecular weight is 446 g/mol. The Labute approximate surface area is 169 Å². The van der Waals surface area contributed by atoms with Crippen LogP contribution in [-0.4, -0.2) is 35.5 Å². The van der Waals surface area contributed by atoms with Gasteiger partial charge in [0.2, 0.25) is 10.0 Å². The molecule has 0 spiro atoms. The van der Waals surface area contributed by atoms with Gasteiger partial charge in [0, 0.05) is 19.1 Å². The summed E-state index contributed by atoms with van der Waals surface area (Å²) in [6.07, 6.45) is -3.97. The molecule has 0 saturated heterocycles. The number of aryl methyl sites for hydroxylation is 1. The minimum atomic E-state index is -4.89. The molecular weight excluding hydrogens is 431 g/mol. The SMILES string of the molecule is CN(C(c1ccc(Cl)cc1)C(F)(F)F)S(=O)(=O)c1cccc2c1ncc(=O)n2C. The Morgan fingerprint density at radius 2 is 1.76 bits per heavy atom. The van der Waals surface area contributed by atoms with Crippen LogP contribution in [0.5, 0.6) is 0 Å². The van der Waals surface area contributed by atoms with Gasteiger partial charge in [0.25, 0.3) is 5.56 Å². The lowest BCUT2D eigenvalue weighted by atomic mass is 10.1. The van der Waals surface area contributed by atoms with E-state index >= 15 is 0 Å². The molecule has 0 N–H and O–H groups in total. The smallest absolute Gasteiger partial charge is 0.308 e. The molecule has 0 aliphatic heterocycles. The molecule has 0 bridgehead atoms. The molecule has 3 aromatic rings. The van der Waals surface area contributed by atoms with Crippen molar-refractivity contribution < 1.29 is 21.6 Å². The van der Waals surface area contributed by atoms with Gasteiger partial charge in [-0.05, 0) is 29.8 Å². The molecule has 0 radical (unpaired) electrons. The maximum atomic E-state index is 13.8. The van der Waals surface area contributed by atoms with Crippen molar-refractivity contribution in [1.82, 2.24) is 13.9 Å². The molecule has 1 aromatic heterocycles. The molecule has 1 unspecified atom stereocenters. The highest BCUT2D eigenvalue weighted by Crippen LogP contribution is 2.40. The number of fused-ring (bicyclic) bond motifs is 1. The second kappa shape index (κ2) is 7.43. The Kier molecular flexibility index (Phi) is 5.46. The van der Waals surface area contributed by atoms with Crippen molar-refractivity contribution in [1.29, 1.82) is 0 Å². The fraction of sp³-hybridized carbons (Fsp3) is 0.222. The molecule has 11 heteroatoms. The van der Waals surface area contributed by atoms with Crippen LogP contribution in [0.3, 0.4) is 0 Å². The first-order valence-electron chi connectivity index (χ1n) is 8.19. The number of nitrogens with zero attached hydrogens (tertiary/aromatic N) is 3. The summed E-state index contributed by atoms with van der Waals surface area (Å²) < 4.78 is 69.2. The van der Waals surface area contributed by atoms with Gasteiger partial charge in [0.15, 0.2) is 0 Å². The van der Waals surface area contributed by atoms with Gasteiger partial charge in [-0.2, -0.15) is 17.5 Å². The highest BCUT2D eigenvalue weighted by molar-refractivity contribution is 7.89. The van der Waals surface area contributed by atoms with Crippen LogP contribution >= 0.6 is 11.6 Å². The summed E-state index contributed by atoms with van der Waals surface area (Å²) in [5.74, 6) is 0. The largest absolute Gasteiger partial charge is 0.409 e. The van der Waals surface area contributed by atoms with Crippen LogP contribution in [0.4, 0.5) is 13.2 Å². The van der Waals surface area contributed by atoms with E-state index in [1.165, 1.54) is 35.9 Å². The Bertz CT molecular complexity index is 1230. The zero-order chi connectivity index (χ0) is 21.6. The summed E-state index contributed by atoms with van der Waals surface area (Å²) in [7, 11) is -2.37. The van der Waals surface area contributed by atoms with E-state index in [4.69, 9.17) is 11.6 Å². The summed E-state index contributed by atoms with van der Waals surface area (Å²) in [5.41, 5.74) is -0.677.